The average Bonchev–Trinajstić information content (AvgIpc) is 2.43. The number of amides is 1. The molecule has 4 heteroatoms. The second-order valence-corrected chi connectivity index (χ2v) is 6.14. The summed E-state index contributed by atoms with van der Waals surface area (Å²) in [4.78, 5) is 13.9. The number of nitrogens with one attached hydrogen (secondary N) is 1. The van der Waals surface area contributed by atoms with Crippen LogP contribution in [0.4, 0.5) is 0 Å². The van der Waals surface area contributed by atoms with Crippen LogP contribution in [0, 0.1) is 11.8 Å². The molecule has 2 rings (SSSR count). The number of ether oxygens (including phenoxy) is 1. The Balaban J connectivity index is 1.62. The molecule has 3 atom stereocenters. The van der Waals surface area contributed by atoms with Crippen molar-refractivity contribution in [2.45, 2.75) is 45.6 Å². The standard InChI is InChI=1S/C15H28N2O2/c1-12-3-4-14(11-13(12)2)19-10-5-15(18)17-8-6-16-7-9-17/h12-14,16H,3-11H2,1-2H3. The molecule has 1 saturated heterocycles. The SMILES string of the molecule is CC1CCC(OCCC(=O)N2CCNCC2)CC1C. The molecule has 2 fully saturated rings. The molecule has 110 valence electrons. The van der Waals surface area contributed by atoms with Crippen molar-refractivity contribution in [1.82, 2.24) is 10.2 Å². The highest BCUT2D eigenvalue weighted by molar-refractivity contribution is 5.76. The van der Waals surface area contributed by atoms with E-state index in [-0.39, 0.29) is 5.91 Å². The second-order valence-electron chi connectivity index (χ2n) is 6.14. The largest absolute Gasteiger partial charge is 0.378 e. The highest BCUT2D eigenvalue weighted by Gasteiger charge is 2.25. The Morgan fingerprint density at radius 3 is 2.63 bits per heavy atom. The van der Waals surface area contributed by atoms with E-state index in [1.54, 1.807) is 0 Å². The van der Waals surface area contributed by atoms with E-state index in [2.05, 4.69) is 19.2 Å². The first-order chi connectivity index (χ1) is 9.16. The summed E-state index contributed by atoms with van der Waals surface area (Å²) in [5, 5.41) is 3.26. The van der Waals surface area contributed by atoms with E-state index in [1.165, 1.54) is 6.42 Å². The minimum Gasteiger partial charge on any atom is -0.378 e. The van der Waals surface area contributed by atoms with Crippen molar-refractivity contribution in [3.05, 3.63) is 0 Å². The molecule has 1 amide bonds. The van der Waals surface area contributed by atoms with E-state index in [0.717, 1.165) is 50.9 Å². The summed E-state index contributed by atoms with van der Waals surface area (Å²) in [5.74, 6) is 1.82. The highest BCUT2D eigenvalue weighted by atomic mass is 16.5. The Bertz CT molecular complexity index is 290. The molecule has 1 aliphatic carbocycles. The Kier molecular flexibility index (Phi) is 5.64. The van der Waals surface area contributed by atoms with Crippen LogP contribution >= 0.6 is 0 Å². The summed E-state index contributed by atoms with van der Waals surface area (Å²) in [6.07, 6.45) is 4.50. The highest BCUT2D eigenvalue weighted by Crippen LogP contribution is 2.30. The van der Waals surface area contributed by atoms with Gasteiger partial charge in [-0.3, -0.25) is 4.79 Å². The molecule has 1 N–H and O–H groups in total. The number of hydrogen-bond donors (Lipinski definition) is 1. The quantitative estimate of drug-likeness (QED) is 0.843. The molecule has 4 nitrogen and oxygen atoms in total. The minimum atomic E-state index is 0.249. The van der Waals surface area contributed by atoms with Gasteiger partial charge in [-0.05, 0) is 31.1 Å². The van der Waals surface area contributed by atoms with Gasteiger partial charge in [0, 0.05) is 26.2 Å². The summed E-state index contributed by atoms with van der Waals surface area (Å²) >= 11 is 0. The fourth-order valence-corrected chi connectivity index (χ4v) is 3.03. The minimum absolute atomic E-state index is 0.249. The molecule has 0 aromatic heterocycles. The van der Waals surface area contributed by atoms with Gasteiger partial charge in [-0.1, -0.05) is 13.8 Å². The Labute approximate surface area is 116 Å². The lowest BCUT2D eigenvalue weighted by Gasteiger charge is -2.32. The molecular weight excluding hydrogens is 240 g/mol. The van der Waals surface area contributed by atoms with Crippen molar-refractivity contribution < 1.29 is 9.53 Å². The van der Waals surface area contributed by atoms with E-state index in [9.17, 15) is 4.79 Å². The number of hydrogen-bond acceptors (Lipinski definition) is 3. The molecule has 2 aliphatic rings. The van der Waals surface area contributed by atoms with E-state index < -0.39 is 0 Å². The summed E-state index contributed by atoms with van der Waals surface area (Å²) in [6, 6.07) is 0. The van der Waals surface area contributed by atoms with Gasteiger partial charge in [-0.15, -0.1) is 0 Å². The number of carbonyl (C=O) groups is 1. The zero-order valence-corrected chi connectivity index (χ0v) is 12.4. The Morgan fingerprint density at radius 1 is 1.21 bits per heavy atom. The van der Waals surface area contributed by atoms with Crippen LogP contribution in [0.2, 0.25) is 0 Å². The van der Waals surface area contributed by atoms with Gasteiger partial charge in [-0.2, -0.15) is 0 Å². The van der Waals surface area contributed by atoms with Crippen LogP contribution in [0.25, 0.3) is 0 Å². The third-order valence-electron chi connectivity index (χ3n) is 4.69. The molecule has 1 heterocycles. The Hall–Kier alpha value is -0.610. The van der Waals surface area contributed by atoms with Crippen LogP contribution in [0.5, 0.6) is 0 Å². The molecule has 3 unspecified atom stereocenters. The molecule has 1 aliphatic heterocycles. The van der Waals surface area contributed by atoms with Crippen molar-refractivity contribution in [1.29, 1.82) is 0 Å². The van der Waals surface area contributed by atoms with E-state index in [4.69, 9.17) is 4.74 Å². The summed E-state index contributed by atoms with van der Waals surface area (Å²) in [6.45, 7) is 8.76. The predicted octanol–water partition coefficient (Wildman–Crippen LogP) is 1.65. The lowest BCUT2D eigenvalue weighted by atomic mass is 9.80. The van der Waals surface area contributed by atoms with Gasteiger partial charge in [0.25, 0.3) is 0 Å². The third kappa shape index (κ3) is 4.46. The second kappa shape index (κ2) is 7.25. The van der Waals surface area contributed by atoms with Crippen LogP contribution in [-0.2, 0) is 9.53 Å². The van der Waals surface area contributed by atoms with E-state index >= 15 is 0 Å². The van der Waals surface area contributed by atoms with Crippen LogP contribution < -0.4 is 5.32 Å². The van der Waals surface area contributed by atoms with Gasteiger partial charge < -0.3 is 15.0 Å². The van der Waals surface area contributed by atoms with E-state index in [0.29, 0.717) is 19.1 Å². The van der Waals surface area contributed by atoms with Gasteiger partial charge in [0.15, 0.2) is 0 Å². The zero-order valence-electron chi connectivity index (χ0n) is 12.4. The lowest BCUT2D eigenvalue weighted by molar-refractivity contribution is -0.133. The topological polar surface area (TPSA) is 41.6 Å². The van der Waals surface area contributed by atoms with Gasteiger partial charge in [0.05, 0.1) is 19.1 Å². The fourth-order valence-electron chi connectivity index (χ4n) is 3.03. The summed E-state index contributed by atoms with van der Waals surface area (Å²) < 4.78 is 5.90. The van der Waals surface area contributed by atoms with Gasteiger partial charge in [-0.25, -0.2) is 0 Å². The average molecular weight is 268 g/mol. The lowest BCUT2D eigenvalue weighted by Crippen LogP contribution is -2.46. The maximum Gasteiger partial charge on any atom is 0.224 e. The van der Waals surface area contributed by atoms with Gasteiger partial charge in [0.2, 0.25) is 5.91 Å². The molecule has 19 heavy (non-hydrogen) atoms. The number of carbonyl (C=O) groups excluding carboxylic acids is 1. The monoisotopic (exact) mass is 268 g/mol. The van der Waals surface area contributed by atoms with Crippen molar-refractivity contribution in [2.75, 3.05) is 32.8 Å². The zero-order chi connectivity index (χ0) is 13.7. The van der Waals surface area contributed by atoms with Crippen molar-refractivity contribution >= 4 is 5.91 Å². The molecule has 1 saturated carbocycles. The van der Waals surface area contributed by atoms with Crippen LogP contribution in [0.3, 0.4) is 0 Å². The van der Waals surface area contributed by atoms with Crippen molar-refractivity contribution in [3.8, 4) is 0 Å². The summed E-state index contributed by atoms with van der Waals surface area (Å²) in [5.41, 5.74) is 0. The molecule has 0 bridgehead atoms. The maximum atomic E-state index is 12.0. The fraction of sp³-hybridized carbons (Fsp3) is 0.933. The molecular formula is C15H28N2O2. The van der Waals surface area contributed by atoms with Crippen LogP contribution in [-0.4, -0.2) is 49.7 Å². The van der Waals surface area contributed by atoms with E-state index in [1.807, 2.05) is 4.90 Å². The first-order valence-electron chi connectivity index (χ1n) is 7.77. The first kappa shape index (κ1) is 14.8. The van der Waals surface area contributed by atoms with Crippen LogP contribution in [0.1, 0.15) is 39.5 Å². The molecule has 0 spiro atoms. The smallest absolute Gasteiger partial charge is 0.224 e. The predicted molar refractivity (Wildman–Crippen MR) is 76.0 cm³/mol. The maximum absolute atomic E-state index is 12.0. The van der Waals surface area contributed by atoms with Gasteiger partial charge in [0.1, 0.15) is 0 Å². The summed E-state index contributed by atoms with van der Waals surface area (Å²) in [7, 11) is 0. The normalized spacial score (nSPS) is 32.3. The van der Waals surface area contributed by atoms with Crippen LogP contribution in [0.15, 0.2) is 0 Å². The molecule has 0 radical (unpaired) electrons. The Morgan fingerprint density at radius 2 is 1.95 bits per heavy atom. The van der Waals surface area contributed by atoms with Crippen molar-refractivity contribution in [3.63, 3.8) is 0 Å². The first-order valence-corrected chi connectivity index (χ1v) is 7.77. The third-order valence-corrected chi connectivity index (χ3v) is 4.69. The van der Waals surface area contributed by atoms with Gasteiger partial charge >= 0.3 is 0 Å². The number of rotatable bonds is 4. The number of piperazine rings is 1. The molecule has 0 aromatic carbocycles. The molecule has 0 aromatic rings. The number of nitrogens with zero attached hydrogens (tertiary/aromatic N) is 1. The van der Waals surface area contributed by atoms with Crippen molar-refractivity contribution in [2.24, 2.45) is 11.8 Å².